The van der Waals surface area contributed by atoms with Gasteiger partial charge in [0.15, 0.2) is 5.84 Å². The molecule has 0 saturated carbocycles. The van der Waals surface area contributed by atoms with E-state index in [1.54, 1.807) is 6.20 Å². The molecule has 0 aliphatic carbocycles. The first-order valence-corrected chi connectivity index (χ1v) is 6.71. The Labute approximate surface area is 114 Å². The van der Waals surface area contributed by atoms with Crippen LogP contribution in [0, 0.1) is 5.41 Å². The summed E-state index contributed by atoms with van der Waals surface area (Å²) in [6, 6.07) is 3.87. The standard InChI is InChI=1S/C14H22N4O/c1-14(2)6-4-9-18(10-7-14)11-5-3-8-16-12(11)13(15)17-19/h3,5,8,19H,4,6-7,9-10H2,1-2H3,(H2,15,17). The van der Waals surface area contributed by atoms with Crippen LogP contribution >= 0.6 is 0 Å². The number of hydrogen-bond acceptors (Lipinski definition) is 4. The maximum Gasteiger partial charge on any atom is 0.190 e. The molecule has 0 atom stereocenters. The average molecular weight is 262 g/mol. The van der Waals surface area contributed by atoms with Gasteiger partial charge in [-0.3, -0.25) is 4.98 Å². The highest BCUT2D eigenvalue weighted by atomic mass is 16.4. The van der Waals surface area contributed by atoms with Crippen molar-refractivity contribution in [1.29, 1.82) is 0 Å². The third-order valence-corrected chi connectivity index (χ3v) is 3.82. The highest BCUT2D eigenvalue weighted by Crippen LogP contribution is 2.32. The van der Waals surface area contributed by atoms with Crippen LogP contribution in [0.3, 0.4) is 0 Å². The second kappa shape index (κ2) is 5.47. The summed E-state index contributed by atoms with van der Waals surface area (Å²) in [7, 11) is 0. The molecule has 0 unspecified atom stereocenters. The van der Waals surface area contributed by atoms with Gasteiger partial charge in [-0.1, -0.05) is 19.0 Å². The first-order chi connectivity index (χ1) is 9.03. The Morgan fingerprint density at radius 3 is 2.95 bits per heavy atom. The van der Waals surface area contributed by atoms with Gasteiger partial charge in [0.25, 0.3) is 0 Å². The molecule has 1 aliphatic rings. The monoisotopic (exact) mass is 262 g/mol. The molecule has 1 fully saturated rings. The SMILES string of the molecule is CC1(C)CCCN(c2cccnc2/C(N)=N/O)CC1. The molecule has 1 aliphatic heterocycles. The summed E-state index contributed by atoms with van der Waals surface area (Å²) in [5, 5.41) is 11.9. The van der Waals surface area contributed by atoms with Crippen LogP contribution in [0.15, 0.2) is 23.5 Å². The molecule has 0 radical (unpaired) electrons. The molecule has 0 aromatic carbocycles. The predicted molar refractivity (Wildman–Crippen MR) is 76.6 cm³/mol. The minimum absolute atomic E-state index is 0.0686. The maximum absolute atomic E-state index is 8.85. The number of anilines is 1. The van der Waals surface area contributed by atoms with Gasteiger partial charge in [0.1, 0.15) is 5.69 Å². The fraction of sp³-hybridized carbons (Fsp3) is 0.571. The molecule has 0 amide bonds. The van der Waals surface area contributed by atoms with Gasteiger partial charge in [0.2, 0.25) is 0 Å². The second-order valence-electron chi connectivity index (χ2n) is 5.86. The Kier molecular flexibility index (Phi) is 3.93. The predicted octanol–water partition coefficient (Wildman–Crippen LogP) is 2.19. The summed E-state index contributed by atoms with van der Waals surface area (Å²) < 4.78 is 0. The zero-order chi connectivity index (χ0) is 13.9. The molecule has 1 aromatic rings. The number of oxime groups is 1. The van der Waals surface area contributed by atoms with Crippen molar-refractivity contribution in [3.63, 3.8) is 0 Å². The van der Waals surface area contributed by atoms with E-state index in [1.807, 2.05) is 12.1 Å². The lowest BCUT2D eigenvalue weighted by Crippen LogP contribution is -2.29. The van der Waals surface area contributed by atoms with Crippen LogP contribution in [0.2, 0.25) is 0 Å². The van der Waals surface area contributed by atoms with Crippen LogP contribution in [0.25, 0.3) is 0 Å². The van der Waals surface area contributed by atoms with Crippen LogP contribution in [-0.2, 0) is 0 Å². The Morgan fingerprint density at radius 2 is 2.21 bits per heavy atom. The number of nitrogens with two attached hydrogens (primary N) is 1. The first-order valence-electron chi connectivity index (χ1n) is 6.71. The van der Waals surface area contributed by atoms with Crippen molar-refractivity contribution in [2.24, 2.45) is 16.3 Å². The van der Waals surface area contributed by atoms with E-state index in [9.17, 15) is 0 Å². The molecule has 3 N–H and O–H groups in total. The molecule has 19 heavy (non-hydrogen) atoms. The topological polar surface area (TPSA) is 74.7 Å². The van der Waals surface area contributed by atoms with Gasteiger partial charge in [-0.2, -0.15) is 0 Å². The van der Waals surface area contributed by atoms with Gasteiger partial charge in [-0.05, 0) is 36.8 Å². The minimum atomic E-state index is 0.0686. The van der Waals surface area contributed by atoms with Crippen molar-refractivity contribution in [2.75, 3.05) is 18.0 Å². The number of rotatable bonds is 2. The molecule has 104 valence electrons. The van der Waals surface area contributed by atoms with E-state index >= 15 is 0 Å². The molecule has 5 heteroatoms. The zero-order valence-electron chi connectivity index (χ0n) is 11.6. The van der Waals surface area contributed by atoms with Gasteiger partial charge in [-0.15, -0.1) is 0 Å². The van der Waals surface area contributed by atoms with E-state index in [0.717, 1.165) is 31.6 Å². The van der Waals surface area contributed by atoms with E-state index in [1.165, 1.54) is 6.42 Å². The lowest BCUT2D eigenvalue weighted by atomic mass is 9.85. The quantitative estimate of drug-likeness (QED) is 0.371. The Hall–Kier alpha value is -1.78. The van der Waals surface area contributed by atoms with Crippen molar-refractivity contribution < 1.29 is 5.21 Å². The van der Waals surface area contributed by atoms with Crippen molar-refractivity contribution in [2.45, 2.75) is 33.1 Å². The fourth-order valence-electron chi connectivity index (χ4n) is 2.56. The van der Waals surface area contributed by atoms with Crippen molar-refractivity contribution >= 4 is 11.5 Å². The maximum atomic E-state index is 8.85. The van der Waals surface area contributed by atoms with E-state index < -0.39 is 0 Å². The Balaban J connectivity index is 2.27. The highest BCUT2D eigenvalue weighted by Gasteiger charge is 2.24. The third-order valence-electron chi connectivity index (χ3n) is 3.82. The molecule has 1 aromatic heterocycles. The second-order valence-corrected chi connectivity index (χ2v) is 5.86. The van der Waals surface area contributed by atoms with Gasteiger partial charge >= 0.3 is 0 Å². The molecule has 1 saturated heterocycles. The molecular weight excluding hydrogens is 240 g/mol. The highest BCUT2D eigenvalue weighted by molar-refractivity contribution is 6.00. The van der Waals surface area contributed by atoms with Crippen molar-refractivity contribution in [3.8, 4) is 0 Å². The smallest absolute Gasteiger partial charge is 0.190 e. The van der Waals surface area contributed by atoms with Crippen LogP contribution in [-0.4, -0.2) is 29.1 Å². The average Bonchev–Trinajstić information content (AvgIpc) is 2.59. The largest absolute Gasteiger partial charge is 0.409 e. The summed E-state index contributed by atoms with van der Waals surface area (Å²) in [5.41, 5.74) is 7.60. The minimum Gasteiger partial charge on any atom is -0.409 e. The zero-order valence-corrected chi connectivity index (χ0v) is 11.6. The van der Waals surface area contributed by atoms with Crippen LogP contribution in [0.4, 0.5) is 5.69 Å². The first kappa shape index (κ1) is 13.6. The van der Waals surface area contributed by atoms with Crippen molar-refractivity contribution in [1.82, 2.24) is 4.98 Å². The van der Waals surface area contributed by atoms with E-state index in [2.05, 4.69) is 28.9 Å². The van der Waals surface area contributed by atoms with Gasteiger partial charge in [-0.25, -0.2) is 0 Å². The van der Waals surface area contributed by atoms with E-state index in [4.69, 9.17) is 10.9 Å². The third kappa shape index (κ3) is 3.16. The fourth-order valence-corrected chi connectivity index (χ4v) is 2.56. The Morgan fingerprint density at radius 1 is 1.42 bits per heavy atom. The van der Waals surface area contributed by atoms with Gasteiger partial charge in [0.05, 0.1) is 5.69 Å². The molecule has 0 bridgehead atoms. The van der Waals surface area contributed by atoms with Crippen LogP contribution < -0.4 is 10.6 Å². The molecule has 0 spiro atoms. The Bertz CT molecular complexity index is 470. The number of amidine groups is 1. The number of nitrogens with zero attached hydrogens (tertiary/aromatic N) is 3. The van der Waals surface area contributed by atoms with Gasteiger partial charge < -0.3 is 15.8 Å². The van der Waals surface area contributed by atoms with E-state index in [-0.39, 0.29) is 5.84 Å². The normalized spacial score (nSPS) is 20.1. The van der Waals surface area contributed by atoms with Gasteiger partial charge in [0, 0.05) is 19.3 Å². The number of pyridine rings is 1. The summed E-state index contributed by atoms with van der Waals surface area (Å²) in [5.74, 6) is 0.0686. The summed E-state index contributed by atoms with van der Waals surface area (Å²) >= 11 is 0. The molecule has 5 nitrogen and oxygen atoms in total. The molecule has 2 rings (SSSR count). The lowest BCUT2D eigenvalue weighted by Gasteiger charge is -2.26. The molecule has 2 heterocycles. The summed E-state index contributed by atoms with van der Waals surface area (Å²) in [6.07, 6.45) is 5.18. The summed E-state index contributed by atoms with van der Waals surface area (Å²) in [4.78, 5) is 6.52. The summed E-state index contributed by atoms with van der Waals surface area (Å²) in [6.45, 7) is 6.58. The van der Waals surface area contributed by atoms with Crippen molar-refractivity contribution in [3.05, 3.63) is 24.0 Å². The van der Waals surface area contributed by atoms with E-state index in [0.29, 0.717) is 11.1 Å². The lowest BCUT2D eigenvalue weighted by molar-refractivity contribution is 0.318. The number of aromatic nitrogens is 1. The van der Waals surface area contributed by atoms with Crippen LogP contribution in [0.1, 0.15) is 38.8 Å². The van der Waals surface area contributed by atoms with Crippen LogP contribution in [0.5, 0.6) is 0 Å². The molecular formula is C14H22N4O. The number of hydrogen-bond donors (Lipinski definition) is 2.